The molecule has 1 aliphatic rings. The summed E-state index contributed by atoms with van der Waals surface area (Å²) in [6, 6.07) is 0.459. The smallest absolute Gasteiger partial charge is 0.223 e. The molecule has 1 amide bonds. The van der Waals surface area contributed by atoms with E-state index < -0.39 is 0 Å². The molecule has 1 heterocycles. The fourth-order valence-corrected chi connectivity index (χ4v) is 2.41. The van der Waals surface area contributed by atoms with Gasteiger partial charge < -0.3 is 15.4 Å². The summed E-state index contributed by atoms with van der Waals surface area (Å²) in [5.74, 6) is 0.195. The molecule has 0 bridgehead atoms. The molecule has 0 aromatic carbocycles. The molecule has 2 N–H and O–H groups in total. The van der Waals surface area contributed by atoms with Gasteiger partial charge in [-0.05, 0) is 13.3 Å². The molecule has 5 nitrogen and oxygen atoms in total. The van der Waals surface area contributed by atoms with Crippen LogP contribution in [0.3, 0.4) is 0 Å². The number of piperazine rings is 1. The van der Waals surface area contributed by atoms with E-state index in [1.165, 1.54) is 0 Å². The number of rotatable bonds is 7. The van der Waals surface area contributed by atoms with Crippen LogP contribution in [0.15, 0.2) is 0 Å². The lowest BCUT2D eigenvalue weighted by Crippen LogP contribution is -2.55. The van der Waals surface area contributed by atoms with E-state index in [1.807, 2.05) is 11.8 Å². The fourth-order valence-electron chi connectivity index (χ4n) is 2.41. The lowest BCUT2D eigenvalue weighted by Gasteiger charge is -2.41. The SMILES string of the molecule is CCOCCN1CCN(C(=O)CCN)CC1CC. The molecule has 0 aliphatic carbocycles. The molecule has 5 heteroatoms. The second-order valence-electron chi connectivity index (χ2n) is 4.67. The monoisotopic (exact) mass is 257 g/mol. The van der Waals surface area contributed by atoms with E-state index in [0.717, 1.165) is 45.8 Å². The number of hydrogen-bond acceptors (Lipinski definition) is 4. The van der Waals surface area contributed by atoms with Crippen LogP contribution >= 0.6 is 0 Å². The molecule has 18 heavy (non-hydrogen) atoms. The van der Waals surface area contributed by atoms with Gasteiger partial charge in [-0.3, -0.25) is 9.69 Å². The maximum absolute atomic E-state index is 11.8. The van der Waals surface area contributed by atoms with Gasteiger partial charge in [0.15, 0.2) is 0 Å². The van der Waals surface area contributed by atoms with Gasteiger partial charge in [-0.25, -0.2) is 0 Å². The van der Waals surface area contributed by atoms with E-state index in [1.54, 1.807) is 0 Å². The van der Waals surface area contributed by atoms with Gasteiger partial charge in [-0.1, -0.05) is 6.92 Å². The molecule has 0 saturated carbocycles. The Hall–Kier alpha value is -0.650. The van der Waals surface area contributed by atoms with Crippen LogP contribution < -0.4 is 5.73 Å². The molecule has 106 valence electrons. The van der Waals surface area contributed by atoms with Gasteiger partial charge in [0.05, 0.1) is 6.61 Å². The number of nitrogens with zero attached hydrogens (tertiary/aromatic N) is 2. The Morgan fingerprint density at radius 1 is 1.39 bits per heavy atom. The molecule has 1 rings (SSSR count). The van der Waals surface area contributed by atoms with Crippen LogP contribution in [-0.4, -0.2) is 67.7 Å². The Balaban J connectivity index is 2.41. The molecular formula is C13H27N3O2. The van der Waals surface area contributed by atoms with Crippen molar-refractivity contribution in [3.05, 3.63) is 0 Å². The number of amides is 1. The first kappa shape index (κ1) is 15.4. The maximum atomic E-state index is 11.8. The van der Waals surface area contributed by atoms with Crippen molar-refractivity contribution in [2.45, 2.75) is 32.7 Å². The summed E-state index contributed by atoms with van der Waals surface area (Å²) >= 11 is 0. The number of nitrogens with two attached hydrogens (primary N) is 1. The van der Waals surface area contributed by atoms with E-state index in [9.17, 15) is 4.79 Å². The van der Waals surface area contributed by atoms with Crippen molar-refractivity contribution in [3.63, 3.8) is 0 Å². The second-order valence-corrected chi connectivity index (χ2v) is 4.67. The minimum Gasteiger partial charge on any atom is -0.380 e. The summed E-state index contributed by atoms with van der Waals surface area (Å²) in [6.45, 7) is 9.75. The molecule has 0 aromatic heterocycles. The van der Waals surface area contributed by atoms with Gasteiger partial charge in [-0.15, -0.1) is 0 Å². The normalized spacial score (nSPS) is 21.3. The molecule has 1 unspecified atom stereocenters. The van der Waals surface area contributed by atoms with Crippen molar-refractivity contribution in [2.24, 2.45) is 5.73 Å². The van der Waals surface area contributed by atoms with E-state index in [2.05, 4.69) is 11.8 Å². The largest absolute Gasteiger partial charge is 0.380 e. The third-order valence-corrected chi connectivity index (χ3v) is 3.51. The first-order valence-electron chi connectivity index (χ1n) is 7.02. The highest BCUT2D eigenvalue weighted by Gasteiger charge is 2.27. The molecule has 1 saturated heterocycles. The summed E-state index contributed by atoms with van der Waals surface area (Å²) < 4.78 is 5.40. The summed E-state index contributed by atoms with van der Waals surface area (Å²) in [4.78, 5) is 16.2. The van der Waals surface area contributed by atoms with Crippen molar-refractivity contribution in [1.29, 1.82) is 0 Å². The van der Waals surface area contributed by atoms with Gasteiger partial charge in [0.1, 0.15) is 0 Å². The molecular weight excluding hydrogens is 230 g/mol. The number of ether oxygens (including phenoxy) is 1. The third-order valence-electron chi connectivity index (χ3n) is 3.51. The third kappa shape index (κ3) is 4.55. The zero-order valence-electron chi connectivity index (χ0n) is 11.7. The van der Waals surface area contributed by atoms with Crippen LogP contribution in [0, 0.1) is 0 Å². The van der Waals surface area contributed by atoms with E-state index in [0.29, 0.717) is 19.0 Å². The maximum Gasteiger partial charge on any atom is 0.223 e. The summed E-state index contributed by atoms with van der Waals surface area (Å²) in [5.41, 5.74) is 5.44. The molecule has 0 radical (unpaired) electrons. The predicted molar refractivity (Wildman–Crippen MR) is 72.4 cm³/mol. The minimum atomic E-state index is 0.195. The van der Waals surface area contributed by atoms with Crippen LogP contribution in [0.5, 0.6) is 0 Å². The van der Waals surface area contributed by atoms with E-state index >= 15 is 0 Å². The first-order valence-corrected chi connectivity index (χ1v) is 7.02. The van der Waals surface area contributed by atoms with E-state index in [4.69, 9.17) is 10.5 Å². The zero-order valence-corrected chi connectivity index (χ0v) is 11.7. The van der Waals surface area contributed by atoms with Crippen LogP contribution in [0.25, 0.3) is 0 Å². The summed E-state index contributed by atoms with van der Waals surface area (Å²) in [6.07, 6.45) is 1.54. The number of carbonyl (C=O) groups excluding carboxylic acids is 1. The quantitative estimate of drug-likeness (QED) is 0.666. The fraction of sp³-hybridized carbons (Fsp3) is 0.923. The van der Waals surface area contributed by atoms with Gasteiger partial charge in [0.2, 0.25) is 5.91 Å². The molecule has 1 fully saturated rings. The molecule has 0 aromatic rings. The highest BCUT2D eigenvalue weighted by Crippen LogP contribution is 2.13. The predicted octanol–water partition coefficient (Wildman–Crippen LogP) is 0.295. The van der Waals surface area contributed by atoms with Gasteiger partial charge in [0.25, 0.3) is 0 Å². The topological polar surface area (TPSA) is 58.8 Å². The average molecular weight is 257 g/mol. The average Bonchev–Trinajstić information content (AvgIpc) is 2.39. The van der Waals surface area contributed by atoms with E-state index in [-0.39, 0.29) is 5.91 Å². The van der Waals surface area contributed by atoms with Crippen molar-refractivity contribution >= 4 is 5.91 Å². The van der Waals surface area contributed by atoms with Crippen LogP contribution in [-0.2, 0) is 9.53 Å². The Morgan fingerprint density at radius 2 is 2.17 bits per heavy atom. The number of hydrogen-bond donors (Lipinski definition) is 1. The first-order chi connectivity index (χ1) is 8.72. The van der Waals surface area contributed by atoms with Crippen molar-refractivity contribution in [1.82, 2.24) is 9.80 Å². The lowest BCUT2D eigenvalue weighted by molar-refractivity contribution is -0.134. The van der Waals surface area contributed by atoms with Crippen LogP contribution in [0.4, 0.5) is 0 Å². The Labute approximate surface area is 110 Å². The Kier molecular flexibility index (Phi) is 7.23. The highest BCUT2D eigenvalue weighted by molar-refractivity contribution is 5.76. The van der Waals surface area contributed by atoms with Crippen LogP contribution in [0.1, 0.15) is 26.7 Å². The molecule has 1 atom stereocenters. The second kappa shape index (κ2) is 8.45. The van der Waals surface area contributed by atoms with Gasteiger partial charge in [-0.2, -0.15) is 0 Å². The summed E-state index contributed by atoms with van der Waals surface area (Å²) in [5, 5.41) is 0. The number of carbonyl (C=O) groups is 1. The van der Waals surface area contributed by atoms with Crippen LogP contribution in [0.2, 0.25) is 0 Å². The van der Waals surface area contributed by atoms with Gasteiger partial charge >= 0.3 is 0 Å². The Bertz CT molecular complexity index is 248. The summed E-state index contributed by atoms with van der Waals surface area (Å²) in [7, 11) is 0. The molecule has 1 aliphatic heterocycles. The standard InChI is InChI=1S/C13H27N3O2/c1-3-12-11-16(13(17)5-6-14)8-7-15(12)9-10-18-4-2/h12H,3-11,14H2,1-2H3. The van der Waals surface area contributed by atoms with Crippen molar-refractivity contribution in [3.8, 4) is 0 Å². The zero-order chi connectivity index (χ0) is 13.4. The van der Waals surface area contributed by atoms with Crippen molar-refractivity contribution in [2.75, 3.05) is 45.9 Å². The minimum absolute atomic E-state index is 0.195. The molecule has 0 spiro atoms. The van der Waals surface area contributed by atoms with Gasteiger partial charge in [0, 0.05) is 51.8 Å². The van der Waals surface area contributed by atoms with Crippen molar-refractivity contribution < 1.29 is 9.53 Å². The Morgan fingerprint density at radius 3 is 2.78 bits per heavy atom. The highest BCUT2D eigenvalue weighted by atomic mass is 16.5. The lowest BCUT2D eigenvalue weighted by atomic mass is 10.1.